The van der Waals surface area contributed by atoms with Gasteiger partial charge in [-0.1, -0.05) is 41.4 Å². The normalized spacial score (nSPS) is 11.1. The van der Waals surface area contributed by atoms with Crippen LogP contribution in [0.25, 0.3) is 0 Å². The fraction of sp³-hybridized carbons (Fsp3) is 0.136. The first-order chi connectivity index (χ1) is 13.7. The van der Waals surface area contributed by atoms with Crippen LogP contribution in [0.3, 0.4) is 0 Å². The van der Waals surface area contributed by atoms with E-state index in [0.29, 0.717) is 28.4 Å². The maximum atomic E-state index is 12.6. The minimum atomic E-state index is -3.70. The number of amides is 1. The Kier molecular flexibility index (Phi) is 6.25. The Bertz CT molecular complexity index is 1140. The van der Waals surface area contributed by atoms with Crippen molar-refractivity contribution in [3.05, 3.63) is 94.0 Å². The third-order valence-electron chi connectivity index (χ3n) is 4.41. The highest BCUT2D eigenvalue weighted by atomic mass is 35.5. The Morgan fingerprint density at radius 1 is 0.966 bits per heavy atom. The fourth-order valence-corrected chi connectivity index (χ4v) is 4.12. The number of hydrogen-bond acceptors (Lipinski definition) is 3. The number of halogens is 1. The summed E-state index contributed by atoms with van der Waals surface area (Å²) in [7, 11) is -3.70. The molecule has 0 spiro atoms. The first kappa shape index (κ1) is 20.9. The van der Waals surface area contributed by atoms with Gasteiger partial charge in [0.2, 0.25) is 0 Å². The number of nitrogens with one attached hydrogen (secondary N) is 2. The van der Waals surface area contributed by atoms with E-state index < -0.39 is 10.0 Å². The van der Waals surface area contributed by atoms with Crippen LogP contribution in [0.15, 0.2) is 71.6 Å². The molecule has 0 atom stereocenters. The lowest BCUT2D eigenvalue weighted by molar-refractivity contribution is 0.0951. The maximum absolute atomic E-state index is 12.6. The SMILES string of the molecule is Cc1ccc(S(=O)(=O)Nc2ccc(C(=O)NCc3cccc(Cl)c3)cc2C)cc1. The lowest BCUT2D eigenvalue weighted by Crippen LogP contribution is -2.23. The van der Waals surface area contributed by atoms with E-state index in [0.717, 1.165) is 11.1 Å². The largest absolute Gasteiger partial charge is 0.348 e. The van der Waals surface area contributed by atoms with Gasteiger partial charge in [0.15, 0.2) is 0 Å². The molecule has 0 aliphatic heterocycles. The monoisotopic (exact) mass is 428 g/mol. The van der Waals surface area contributed by atoms with Crippen LogP contribution in [0, 0.1) is 13.8 Å². The second kappa shape index (κ2) is 8.68. The average molecular weight is 429 g/mol. The summed E-state index contributed by atoms with van der Waals surface area (Å²) < 4.78 is 27.7. The molecule has 0 aliphatic carbocycles. The van der Waals surface area contributed by atoms with Gasteiger partial charge in [-0.3, -0.25) is 9.52 Å². The van der Waals surface area contributed by atoms with Crippen molar-refractivity contribution in [2.75, 3.05) is 4.72 Å². The van der Waals surface area contributed by atoms with E-state index in [1.165, 1.54) is 0 Å². The number of carbonyl (C=O) groups excluding carboxylic acids is 1. The summed E-state index contributed by atoms with van der Waals surface area (Å²) in [6.45, 7) is 3.99. The van der Waals surface area contributed by atoms with Crippen LogP contribution in [0.4, 0.5) is 5.69 Å². The van der Waals surface area contributed by atoms with Crippen LogP contribution >= 0.6 is 11.6 Å². The lowest BCUT2D eigenvalue weighted by Gasteiger charge is -2.12. The molecule has 0 saturated carbocycles. The Morgan fingerprint density at radius 2 is 1.69 bits per heavy atom. The lowest BCUT2D eigenvalue weighted by atomic mass is 10.1. The maximum Gasteiger partial charge on any atom is 0.261 e. The highest BCUT2D eigenvalue weighted by Gasteiger charge is 2.16. The second-order valence-electron chi connectivity index (χ2n) is 6.76. The van der Waals surface area contributed by atoms with Gasteiger partial charge in [-0.25, -0.2) is 8.42 Å². The zero-order valence-corrected chi connectivity index (χ0v) is 17.6. The molecule has 1 amide bonds. The molecule has 29 heavy (non-hydrogen) atoms. The topological polar surface area (TPSA) is 75.3 Å². The highest BCUT2D eigenvalue weighted by molar-refractivity contribution is 7.92. The van der Waals surface area contributed by atoms with Crippen molar-refractivity contribution >= 4 is 33.2 Å². The number of hydrogen-bond donors (Lipinski definition) is 2. The molecule has 3 rings (SSSR count). The van der Waals surface area contributed by atoms with Crippen LogP contribution in [0.1, 0.15) is 27.0 Å². The molecule has 0 unspecified atom stereocenters. The molecule has 5 nitrogen and oxygen atoms in total. The number of sulfonamides is 1. The third-order valence-corrected chi connectivity index (χ3v) is 6.02. The molecule has 0 bridgehead atoms. The minimum Gasteiger partial charge on any atom is -0.348 e. The molecule has 2 N–H and O–H groups in total. The van der Waals surface area contributed by atoms with E-state index >= 15 is 0 Å². The number of carbonyl (C=O) groups is 1. The molecule has 0 fully saturated rings. The Hall–Kier alpha value is -2.83. The number of anilines is 1. The molecular weight excluding hydrogens is 408 g/mol. The first-order valence-corrected chi connectivity index (χ1v) is 10.8. The Labute approximate surface area is 175 Å². The Balaban J connectivity index is 1.71. The smallest absolute Gasteiger partial charge is 0.261 e. The van der Waals surface area contributed by atoms with Crippen molar-refractivity contribution in [2.45, 2.75) is 25.3 Å². The van der Waals surface area contributed by atoms with Crippen LogP contribution in [-0.2, 0) is 16.6 Å². The van der Waals surface area contributed by atoms with Crippen molar-refractivity contribution in [2.24, 2.45) is 0 Å². The predicted molar refractivity (Wildman–Crippen MR) is 116 cm³/mol. The number of benzene rings is 3. The van der Waals surface area contributed by atoms with Gasteiger partial charge < -0.3 is 5.32 Å². The summed E-state index contributed by atoms with van der Waals surface area (Å²) in [4.78, 5) is 12.6. The van der Waals surface area contributed by atoms with Crippen molar-refractivity contribution in [1.29, 1.82) is 0 Å². The highest BCUT2D eigenvalue weighted by Crippen LogP contribution is 2.21. The molecule has 0 radical (unpaired) electrons. The third kappa shape index (κ3) is 5.37. The standard InChI is InChI=1S/C22H21ClN2O3S/c1-15-6-9-20(10-7-15)29(27,28)25-21-11-8-18(12-16(21)2)22(26)24-14-17-4-3-5-19(23)13-17/h3-13,25H,14H2,1-2H3,(H,24,26). The molecule has 3 aromatic rings. The van der Waals surface area contributed by atoms with E-state index in [4.69, 9.17) is 11.6 Å². The molecule has 0 heterocycles. The quantitative estimate of drug-likeness (QED) is 0.598. The summed E-state index contributed by atoms with van der Waals surface area (Å²) in [5.74, 6) is -0.249. The summed E-state index contributed by atoms with van der Waals surface area (Å²) >= 11 is 5.95. The van der Waals surface area contributed by atoms with Crippen LogP contribution in [-0.4, -0.2) is 14.3 Å². The zero-order chi connectivity index (χ0) is 21.0. The van der Waals surface area contributed by atoms with Crippen LogP contribution < -0.4 is 10.0 Å². The summed E-state index contributed by atoms with van der Waals surface area (Å²) in [6.07, 6.45) is 0. The fourth-order valence-electron chi connectivity index (χ4n) is 2.77. The number of rotatable bonds is 6. The summed E-state index contributed by atoms with van der Waals surface area (Å²) in [5.41, 5.74) is 3.40. The van der Waals surface area contributed by atoms with Crippen LogP contribution in [0.2, 0.25) is 5.02 Å². The van der Waals surface area contributed by atoms with Gasteiger partial charge in [0.1, 0.15) is 0 Å². The van der Waals surface area contributed by atoms with E-state index in [-0.39, 0.29) is 10.8 Å². The average Bonchev–Trinajstić information content (AvgIpc) is 2.68. The summed E-state index contributed by atoms with van der Waals surface area (Å²) in [6, 6.07) is 18.7. The van der Waals surface area contributed by atoms with E-state index in [2.05, 4.69) is 10.0 Å². The van der Waals surface area contributed by atoms with Gasteiger partial charge >= 0.3 is 0 Å². The van der Waals surface area contributed by atoms with Crippen molar-refractivity contribution in [3.63, 3.8) is 0 Å². The van der Waals surface area contributed by atoms with Crippen molar-refractivity contribution in [3.8, 4) is 0 Å². The minimum absolute atomic E-state index is 0.186. The van der Waals surface area contributed by atoms with E-state index in [1.807, 2.05) is 19.1 Å². The van der Waals surface area contributed by atoms with Gasteiger partial charge in [0, 0.05) is 17.1 Å². The summed E-state index contributed by atoms with van der Waals surface area (Å²) in [5, 5.41) is 3.44. The molecule has 3 aromatic carbocycles. The first-order valence-electron chi connectivity index (χ1n) is 8.97. The molecule has 7 heteroatoms. The molecule has 0 aliphatic rings. The Morgan fingerprint density at radius 3 is 2.34 bits per heavy atom. The van der Waals surface area contributed by atoms with Gasteiger partial charge in [0.25, 0.3) is 15.9 Å². The zero-order valence-electron chi connectivity index (χ0n) is 16.1. The van der Waals surface area contributed by atoms with Gasteiger partial charge in [0.05, 0.1) is 10.6 Å². The second-order valence-corrected chi connectivity index (χ2v) is 8.88. The van der Waals surface area contributed by atoms with Crippen molar-refractivity contribution in [1.82, 2.24) is 5.32 Å². The van der Waals surface area contributed by atoms with Gasteiger partial charge in [-0.2, -0.15) is 0 Å². The molecule has 0 aromatic heterocycles. The van der Waals surface area contributed by atoms with Crippen LogP contribution in [0.5, 0.6) is 0 Å². The van der Waals surface area contributed by atoms with Gasteiger partial charge in [-0.05, 0) is 67.4 Å². The van der Waals surface area contributed by atoms with E-state index in [9.17, 15) is 13.2 Å². The molecule has 0 saturated heterocycles. The molecular formula is C22H21ClN2O3S. The van der Waals surface area contributed by atoms with Crippen molar-refractivity contribution < 1.29 is 13.2 Å². The number of aryl methyl sites for hydroxylation is 2. The van der Waals surface area contributed by atoms with E-state index in [1.54, 1.807) is 61.5 Å². The van der Waals surface area contributed by atoms with Gasteiger partial charge in [-0.15, -0.1) is 0 Å². The predicted octanol–water partition coefficient (Wildman–Crippen LogP) is 4.69. The molecule has 150 valence electrons.